The first-order valence-electron chi connectivity index (χ1n) is 7.46. The van der Waals surface area contributed by atoms with E-state index in [9.17, 15) is 0 Å². The highest BCUT2D eigenvalue weighted by Gasteiger charge is 2.25. The van der Waals surface area contributed by atoms with Crippen LogP contribution < -0.4 is 5.32 Å². The molecule has 21 heavy (non-hydrogen) atoms. The van der Waals surface area contributed by atoms with E-state index < -0.39 is 0 Å². The number of imidazole rings is 1. The largest absolute Gasteiger partial charge is 0.381 e. The molecule has 2 N–H and O–H groups in total. The summed E-state index contributed by atoms with van der Waals surface area (Å²) < 4.78 is 5.54. The maximum Gasteiger partial charge on any atom is 0.181 e. The minimum Gasteiger partial charge on any atom is -0.381 e. The highest BCUT2D eigenvalue weighted by molar-refractivity contribution is 7.99. The molecule has 2 atom stereocenters. The van der Waals surface area contributed by atoms with Gasteiger partial charge in [-0.1, -0.05) is 6.92 Å². The van der Waals surface area contributed by atoms with Crippen LogP contribution in [0.5, 0.6) is 0 Å². The Bertz CT molecular complexity index is 569. The zero-order valence-electron chi connectivity index (χ0n) is 12.2. The van der Waals surface area contributed by atoms with Gasteiger partial charge in [-0.05, 0) is 19.4 Å². The summed E-state index contributed by atoms with van der Waals surface area (Å²) in [6.07, 6.45) is 5.54. The molecule has 0 amide bonds. The zero-order valence-corrected chi connectivity index (χ0v) is 13.0. The van der Waals surface area contributed by atoms with E-state index in [1.165, 1.54) is 0 Å². The van der Waals surface area contributed by atoms with Crippen molar-refractivity contribution in [1.82, 2.24) is 25.3 Å². The third-order valence-electron chi connectivity index (χ3n) is 3.78. The van der Waals surface area contributed by atoms with Crippen molar-refractivity contribution < 1.29 is 4.74 Å². The average Bonchev–Trinajstić information content (AvgIpc) is 3.18. The summed E-state index contributed by atoms with van der Waals surface area (Å²) in [6.45, 7) is 5.00. The van der Waals surface area contributed by atoms with Gasteiger partial charge in [0.1, 0.15) is 16.9 Å². The van der Waals surface area contributed by atoms with Crippen LogP contribution in [0.2, 0.25) is 0 Å². The van der Waals surface area contributed by atoms with Crippen LogP contribution in [0.4, 0.5) is 0 Å². The van der Waals surface area contributed by atoms with Crippen molar-refractivity contribution in [3.8, 4) is 0 Å². The van der Waals surface area contributed by atoms with Crippen LogP contribution in [0, 0.1) is 5.92 Å². The van der Waals surface area contributed by atoms with E-state index in [0.717, 1.165) is 54.5 Å². The summed E-state index contributed by atoms with van der Waals surface area (Å²) in [5.41, 5.74) is 1.66. The fraction of sp³-hybridized carbons (Fsp3) is 0.643. The molecule has 0 aromatic carbocycles. The monoisotopic (exact) mass is 307 g/mol. The summed E-state index contributed by atoms with van der Waals surface area (Å²) in [5, 5.41) is 4.63. The van der Waals surface area contributed by atoms with Crippen LogP contribution in [0.3, 0.4) is 0 Å². The summed E-state index contributed by atoms with van der Waals surface area (Å²) in [7, 11) is 0. The Morgan fingerprint density at radius 3 is 3.24 bits per heavy atom. The van der Waals surface area contributed by atoms with E-state index in [0.29, 0.717) is 12.0 Å². The van der Waals surface area contributed by atoms with Gasteiger partial charge in [-0.15, -0.1) is 11.8 Å². The van der Waals surface area contributed by atoms with Crippen LogP contribution in [0.15, 0.2) is 17.7 Å². The highest BCUT2D eigenvalue weighted by Crippen LogP contribution is 2.26. The Kier molecular flexibility index (Phi) is 5.05. The Morgan fingerprint density at radius 2 is 2.43 bits per heavy atom. The number of hydrogen-bond acceptors (Lipinski definition) is 6. The van der Waals surface area contributed by atoms with Crippen LogP contribution in [0.25, 0.3) is 11.2 Å². The van der Waals surface area contributed by atoms with Crippen LogP contribution >= 0.6 is 11.8 Å². The summed E-state index contributed by atoms with van der Waals surface area (Å²) >= 11 is 1.76. The molecule has 0 spiro atoms. The molecule has 7 heteroatoms. The number of nitrogens with one attached hydrogen (secondary N) is 2. The lowest BCUT2D eigenvalue weighted by atomic mass is 10.0. The van der Waals surface area contributed by atoms with Gasteiger partial charge in [0, 0.05) is 24.3 Å². The fourth-order valence-electron chi connectivity index (χ4n) is 2.58. The minimum atomic E-state index is 0.463. The standard InChI is InChI=1S/C14H21N5OS/c1-2-4-15-11(10-3-5-20-6-10)7-21-14-12-13(17-8-16-12)18-9-19-14/h8-11,15H,2-7H2,1H3,(H,16,17,18,19). The van der Waals surface area contributed by atoms with Crippen molar-refractivity contribution in [2.24, 2.45) is 5.92 Å². The van der Waals surface area contributed by atoms with Crippen LogP contribution in [-0.2, 0) is 4.74 Å². The number of fused-ring (bicyclic) bond motifs is 1. The molecule has 114 valence electrons. The molecular weight excluding hydrogens is 286 g/mol. The van der Waals surface area contributed by atoms with E-state index in [1.807, 2.05) is 0 Å². The number of hydrogen-bond donors (Lipinski definition) is 2. The van der Waals surface area contributed by atoms with Crippen LogP contribution in [-0.4, -0.2) is 51.5 Å². The van der Waals surface area contributed by atoms with Gasteiger partial charge in [0.2, 0.25) is 0 Å². The molecule has 2 unspecified atom stereocenters. The lowest BCUT2D eigenvalue weighted by Gasteiger charge is -2.23. The smallest absolute Gasteiger partial charge is 0.181 e. The second-order valence-electron chi connectivity index (χ2n) is 5.28. The van der Waals surface area contributed by atoms with Crippen molar-refractivity contribution in [3.63, 3.8) is 0 Å². The molecule has 6 nitrogen and oxygen atoms in total. The Morgan fingerprint density at radius 1 is 1.48 bits per heavy atom. The zero-order chi connectivity index (χ0) is 14.5. The normalized spacial score (nSPS) is 20.1. The minimum absolute atomic E-state index is 0.463. The first kappa shape index (κ1) is 14.7. The Hall–Kier alpha value is -1.18. The van der Waals surface area contributed by atoms with Crippen molar-refractivity contribution in [3.05, 3.63) is 12.7 Å². The van der Waals surface area contributed by atoms with Gasteiger partial charge in [0.15, 0.2) is 5.65 Å². The summed E-state index contributed by atoms with van der Waals surface area (Å²) in [4.78, 5) is 15.8. The van der Waals surface area contributed by atoms with E-state index in [1.54, 1.807) is 24.4 Å². The molecule has 0 radical (unpaired) electrons. The molecule has 1 aliphatic rings. The third-order valence-corrected chi connectivity index (χ3v) is 4.89. The molecule has 0 bridgehead atoms. The number of ether oxygens (including phenoxy) is 1. The Balaban J connectivity index is 1.66. The maximum absolute atomic E-state index is 5.54. The van der Waals surface area contributed by atoms with Gasteiger partial charge in [-0.2, -0.15) is 0 Å². The summed E-state index contributed by atoms with van der Waals surface area (Å²) in [5.74, 6) is 1.59. The molecule has 1 aliphatic heterocycles. The van der Waals surface area contributed by atoms with E-state index in [4.69, 9.17) is 4.74 Å². The van der Waals surface area contributed by atoms with E-state index in [2.05, 4.69) is 32.2 Å². The van der Waals surface area contributed by atoms with Crippen molar-refractivity contribution in [2.75, 3.05) is 25.5 Å². The molecule has 3 heterocycles. The first-order chi connectivity index (χ1) is 10.4. The quantitative estimate of drug-likeness (QED) is 0.600. The molecule has 0 saturated carbocycles. The number of H-pyrrole nitrogens is 1. The van der Waals surface area contributed by atoms with E-state index in [-0.39, 0.29) is 0 Å². The molecule has 0 aliphatic carbocycles. The van der Waals surface area contributed by atoms with Gasteiger partial charge < -0.3 is 15.0 Å². The number of aromatic amines is 1. The molecule has 1 fully saturated rings. The van der Waals surface area contributed by atoms with Crippen molar-refractivity contribution in [2.45, 2.75) is 30.8 Å². The molecule has 2 aromatic rings. The van der Waals surface area contributed by atoms with Crippen LogP contribution in [0.1, 0.15) is 19.8 Å². The summed E-state index contributed by atoms with van der Waals surface area (Å²) in [6, 6.07) is 0.463. The van der Waals surface area contributed by atoms with Gasteiger partial charge in [-0.3, -0.25) is 0 Å². The van der Waals surface area contributed by atoms with Gasteiger partial charge in [0.05, 0.1) is 12.9 Å². The average molecular weight is 307 g/mol. The molecule has 1 saturated heterocycles. The molecule has 3 rings (SSSR count). The highest BCUT2D eigenvalue weighted by atomic mass is 32.2. The molecular formula is C14H21N5OS. The predicted molar refractivity (Wildman–Crippen MR) is 83.4 cm³/mol. The number of rotatable bonds is 7. The van der Waals surface area contributed by atoms with Gasteiger partial charge in [-0.25, -0.2) is 15.0 Å². The lowest BCUT2D eigenvalue weighted by molar-refractivity contribution is 0.179. The third kappa shape index (κ3) is 3.53. The second kappa shape index (κ2) is 7.20. The number of nitrogens with zero attached hydrogens (tertiary/aromatic N) is 3. The van der Waals surface area contributed by atoms with Gasteiger partial charge >= 0.3 is 0 Å². The number of thioether (sulfide) groups is 1. The van der Waals surface area contributed by atoms with Crippen molar-refractivity contribution >= 4 is 22.9 Å². The fourth-order valence-corrected chi connectivity index (χ4v) is 3.73. The van der Waals surface area contributed by atoms with E-state index >= 15 is 0 Å². The maximum atomic E-state index is 5.54. The SMILES string of the molecule is CCCNC(CSc1ncnc2nc[nH]c12)C1CCOC1. The van der Waals surface area contributed by atoms with Gasteiger partial charge in [0.25, 0.3) is 0 Å². The topological polar surface area (TPSA) is 75.7 Å². The first-order valence-corrected chi connectivity index (χ1v) is 8.45. The molecule has 2 aromatic heterocycles. The second-order valence-corrected chi connectivity index (χ2v) is 6.28. The lowest BCUT2D eigenvalue weighted by Crippen LogP contribution is -2.39. The Labute approximate surface area is 128 Å². The predicted octanol–water partition coefficient (Wildman–Crippen LogP) is 1.85. The number of aromatic nitrogens is 4. The van der Waals surface area contributed by atoms with Crippen molar-refractivity contribution in [1.29, 1.82) is 0 Å².